The van der Waals surface area contributed by atoms with E-state index in [0.717, 1.165) is 27.6 Å². The van der Waals surface area contributed by atoms with Crippen LogP contribution in [0.4, 0.5) is 9.18 Å². The quantitative estimate of drug-likeness (QED) is 0.183. The van der Waals surface area contributed by atoms with E-state index in [1.54, 1.807) is 47.5 Å². The predicted molar refractivity (Wildman–Crippen MR) is 163 cm³/mol. The molecule has 4 aromatic rings. The third-order valence-corrected chi connectivity index (χ3v) is 9.73. The number of cyclic esters (lactones) is 1. The van der Waals surface area contributed by atoms with Crippen LogP contribution in [0, 0.1) is 12.7 Å². The van der Waals surface area contributed by atoms with Crippen LogP contribution < -0.4 is 10.9 Å². The topological polar surface area (TPSA) is 109 Å². The summed E-state index contributed by atoms with van der Waals surface area (Å²) in [6.07, 6.45) is 0.762. The van der Waals surface area contributed by atoms with Gasteiger partial charge < -0.3 is 19.4 Å². The number of rotatable bonds is 5. The first-order chi connectivity index (χ1) is 20.8. The van der Waals surface area contributed by atoms with Crippen LogP contribution in [0.3, 0.4) is 0 Å². The maximum Gasteiger partial charge on any atom is 0.407 e. The van der Waals surface area contributed by atoms with Crippen LogP contribution in [-0.2, 0) is 49.1 Å². The molecule has 11 heteroatoms. The summed E-state index contributed by atoms with van der Waals surface area (Å²) in [5, 5.41) is 3.82. The second-order valence-corrected chi connectivity index (χ2v) is 11.6. The number of carbonyl (C=O) groups excluding carboxylic acids is 2. The molecule has 2 aromatic heterocycles. The normalized spacial score (nSPS) is 19.8. The van der Waals surface area contributed by atoms with Crippen LogP contribution in [0.5, 0.6) is 0 Å². The SMILES string of the molecule is CC[C@@]1(OI)C(=O)OCc2c1cc1n(c2=O)Cc2c-1nc1cc(F)c(C)c3c1c2[C@@H](NC(=O)OCc1ccccc1)CC3. The summed E-state index contributed by atoms with van der Waals surface area (Å²) in [6.45, 7) is 3.72. The van der Waals surface area contributed by atoms with E-state index < -0.39 is 23.7 Å². The van der Waals surface area contributed by atoms with Gasteiger partial charge in [0.2, 0.25) is 5.60 Å². The van der Waals surface area contributed by atoms with Crippen molar-refractivity contribution in [2.24, 2.45) is 0 Å². The van der Waals surface area contributed by atoms with E-state index in [1.807, 2.05) is 30.3 Å². The molecule has 0 saturated heterocycles. The molecule has 1 N–H and O–H groups in total. The zero-order chi connectivity index (χ0) is 30.0. The molecule has 4 heterocycles. The van der Waals surface area contributed by atoms with Gasteiger partial charge in [-0.15, -0.1) is 0 Å². The monoisotopic (exact) mass is 695 g/mol. The maximum absolute atomic E-state index is 15.1. The first-order valence-electron chi connectivity index (χ1n) is 14.1. The van der Waals surface area contributed by atoms with Crippen LogP contribution in [-0.4, -0.2) is 21.6 Å². The highest BCUT2D eigenvalue weighted by molar-refractivity contribution is 14.1. The van der Waals surface area contributed by atoms with Crippen molar-refractivity contribution in [3.05, 3.63) is 97.6 Å². The Kier molecular flexibility index (Phi) is 6.77. The molecule has 220 valence electrons. The van der Waals surface area contributed by atoms with Crippen molar-refractivity contribution in [3.8, 4) is 11.4 Å². The number of amides is 1. The number of nitrogens with zero attached hydrogens (tertiary/aromatic N) is 2. The molecule has 0 unspecified atom stereocenters. The maximum atomic E-state index is 15.1. The molecule has 0 saturated carbocycles. The van der Waals surface area contributed by atoms with E-state index in [0.29, 0.717) is 46.4 Å². The zero-order valence-electron chi connectivity index (χ0n) is 23.5. The molecular weight excluding hydrogens is 668 g/mol. The zero-order valence-corrected chi connectivity index (χ0v) is 25.6. The fourth-order valence-electron chi connectivity index (χ4n) is 6.72. The van der Waals surface area contributed by atoms with Crippen molar-refractivity contribution < 1.29 is 26.5 Å². The molecule has 0 fully saturated rings. The lowest BCUT2D eigenvalue weighted by molar-refractivity contribution is -0.165. The summed E-state index contributed by atoms with van der Waals surface area (Å²) in [5.74, 6) is -0.914. The van der Waals surface area contributed by atoms with Crippen LogP contribution in [0.25, 0.3) is 22.3 Å². The molecular formula is C32H27FIN3O6. The van der Waals surface area contributed by atoms with E-state index in [-0.39, 0.29) is 37.6 Å². The summed E-state index contributed by atoms with van der Waals surface area (Å²) in [7, 11) is 0. The Morgan fingerprint density at radius 3 is 2.74 bits per heavy atom. The van der Waals surface area contributed by atoms with Crippen molar-refractivity contribution in [1.82, 2.24) is 14.9 Å². The molecule has 43 heavy (non-hydrogen) atoms. The number of fused-ring (bicyclic) bond motifs is 5. The van der Waals surface area contributed by atoms with Crippen LogP contribution in [0.2, 0.25) is 0 Å². The number of aromatic nitrogens is 2. The number of ether oxygens (including phenoxy) is 2. The molecule has 3 aliphatic rings. The van der Waals surface area contributed by atoms with Gasteiger partial charge in [0.05, 0.1) is 35.1 Å². The molecule has 2 aliphatic heterocycles. The third-order valence-electron chi connectivity index (χ3n) is 8.98. The Hall–Kier alpha value is -3.84. The number of hydrogen-bond acceptors (Lipinski definition) is 7. The van der Waals surface area contributed by atoms with E-state index in [4.69, 9.17) is 17.5 Å². The van der Waals surface area contributed by atoms with Crippen LogP contribution in [0.1, 0.15) is 64.8 Å². The first kappa shape index (κ1) is 28.0. The highest BCUT2D eigenvalue weighted by Gasteiger charge is 2.48. The van der Waals surface area contributed by atoms with Gasteiger partial charge in [0.25, 0.3) is 5.56 Å². The van der Waals surface area contributed by atoms with Gasteiger partial charge in [-0.1, -0.05) is 37.3 Å². The molecule has 2 atom stereocenters. The minimum absolute atomic E-state index is 0.120. The van der Waals surface area contributed by atoms with Gasteiger partial charge in [0, 0.05) is 22.6 Å². The highest BCUT2D eigenvalue weighted by atomic mass is 127. The molecule has 7 rings (SSSR count). The Morgan fingerprint density at radius 1 is 1.21 bits per heavy atom. The second kappa shape index (κ2) is 10.4. The number of esters is 1. The summed E-state index contributed by atoms with van der Waals surface area (Å²) in [4.78, 5) is 44.7. The Labute approximate surface area is 260 Å². The van der Waals surface area contributed by atoms with Gasteiger partial charge >= 0.3 is 12.1 Å². The first-order valence-corrected chi connectivity index (χ1v) is 15.0. The summed E-state index contributed by atoms with van der Waals surface area (Å²) >= 11 is 1.68. The average molecular weight is 695 g/mol. The molecule has 0 spiro atoms. The van der Waals surface area contributed by atoms with Gasteiger partial charge in [0.15, 0.2) is 0 Å². The molecule has 0 bridgehead atoms. The fraction of sp³-hybridized carbons (Fsp3) is 0.312. The number of hydrogen-bond donors (Lipinski definition) is 1. The molecule has 1 aliphatic carbocycles. The summed E-state index contributed by atoms with van der Waals surface area (Å²) in [6, 6.07) is 12.2. The van der Waals surface area contributed by atoms with Gasteiger partial charge in [0.1, 0.15) is 42.0 Å². The fourth-order valence-corrected chi connectivity index (χ4v) is 7.45. The van der Waals surface area contributed by atoms with Gasteiger partial charge in [-0.2, -0.15) is 0 Å². The lowest BCUT2D eigenvalue weighted by Crippen LogP contribution is -2.44. The van der Waals surface area contributed by atoms with E-state index in [2.05, 4.69) is 5.32 Å². The summed E-state index contributed by atoms with van der Waals surface area (Å²) in [5.41, 5.74) is 4.39. The molecule has 0 radical (unpaired) electrons. The Balaban J connectivity index is 1.37. The molecule has 9 nitrogen and oxygen atoms in total. The average Bonchev–Trinajstić information content (AvgIpc) is 3.38. The van der Waals surface area contributed by atoms with Crippen molar-refractivity contribution in [2.75, 3.05) is 0 Å². The number of carbonyl (C=O) groups is 2. The van der Waals surface area contributed by atoms with E-state index >= 15 is 4.39 Å². The highest BCUT2D eigenvalue weighted by Crippen LogP contribution is 2.46. The van der Waals surface area contributed by atoms with Gasteiger partial charge in [-0.3, -0.25) is 7.86 Å². The van der Waals surface area contributed by atoms with Crippen molar-refractivity contribution in [1.29, 1.82) is 0 Å². The number of nitrogens with one attached hydrogen (secondary N) is 1. The Bertz CT molecular complexity index is 1900. The lowest BCUT2D eigenvalue weighted by Gasteiger charge is -2.33. The lowest BCUT2D eigenvalue weighted by atomic mass is 9.81. The smallest absolute Gasteiger partial charge is 0.407 e. The third kappa shape index (κ3) is 4.19. The summed E-state index contributed by atoms with van der Waals surface area (Å²) < 4.78 is 33.4. The minimum Gasteiger partial charge on any atom is -0.458 e. The van der Waals surface area contributed by atoms with Crippen molar-refractivity contribution >= 4 is 46.0 Å². The molecule has 2 aromatic carbocycles. The molecule has 1 amide bonds. The minimum atomic E-state index is -1.43. The van der Waals surface area contributed by atoms with Crippen molar-refractivity contribution in [2.45, 2.75) is 64.5 Å². The number of aryl methyl sites for hydroxylation is 1. The van der Waals surface area contributed by atoms with Crippen molar-refractivity contribution in [3.63, 3.8) is 0 Å². The number of alkyl carbamates (subject to hydrolysis) is 1. The van der Waals surface area contributed by atoms with Crippen LogP contribution in [0.15, 0.2) is 47.3 Å². The largest absolute Gasteiger partial charge is 0.458 e. The second-order valence-electron chi connectivity index (χ2n) is 11.2. The van der Waals surface area contributed by atoms with E-state index in [9.17, 15) is 14.4 Å². The number of pyridine rings is 2. The number of halogens is 2. The van der Waals surface area contributed by atoms with Gasteiger partial charge in [-0.05, 0) is 54.5 Å². The Morgan fingerprint density at radius 2 is 2.00 bits per heavy atom. The van der Waals surface area contributed by atoms with E-state index in [1.165, 1.54) is 6.07 Å². The van der Waals surface area contributed by atoms with Crippen LogP contribution >= 0.6 is 23.0 Å². The standard InChI is InChI=1S/C32H27FIN3O6/c1-3-32(43-34)21-11-25-28-19(13-37(25)29(38)20(21)15-41-30(32)39)27-23(36-31(40)42-14-17-7-5-4-6-8-17)10-9-18-16(2)22(33)12-24(35-28)26(18)27/h4-8,11-12,23H,3,9-10,13-15H2,1-2H3,(H,36,40)/t23-,32-/m0/s1. The predicted octanol–water partition coefficient (Wildman–Crippen LogP) is 5.82. The number of benzene rings is 2. The van der Waals surface area contributed by atoms with Gasteiger partial charge in [-0.25, -0.2) is 19.0 Å².